The molecule has 1 aromatic rings. The third-order valence-electron chi connectivity index (χ3n) is 1.54. The topological polar surface area (TPSA) is 36.7 Å². The zero-order chi connectivity index (χ0) is 9.30. The lowest BCUT2D eigenvalue weighted by Crippen LogP contribution is -2.01. The molecule has 4 heteroatoms. The van der Waals surface area contributed by atoms with Gasteiger partial charge in [0.05, 0.1) is 11.4 Å². The molecule has 0 aromatic carbocycles. The minimum Gasteiger partial charge on any atom is -0.254 e. The van der Waals surface area contributed by atoms with Crippen LogP contribution in [0.5, 0.6) is 0 Å². The molecular formula is C8H6F2N2. The van der Waals surface area contributed by atoms with Gasteiger partial charge in [-0.1, -0.05) is 0 Å². The number of rotatable bonds is 0. The molecule has 0 fully saturated rings. The summed E-state index contributed by atoms with van der Waals surface area (Å²) in [6.07, 6.45) is 0. The molecule has 0 aliphatic carbocycles. The first-order valence-electron chi connectivity index (χ1n) is 3.30. The largest absolute Gasteiger partial charge is 0.254 e. The Morgan fingerprint density at radius 3 is 2.25 bits per heavy atom. The lowest BCUT2D eigenvalue weighted by molar-refractivity contribution is 0.492. The highest BCUT2D eigenvalue weighted by Gasteiger charge is 2.14. The van der Waals surface area contributed by atoms with Gasteiger partial charge in [-0.2, -0.15) is 5.26 Å². The first kappa shape index (κ1) is 8.60. The van der Waals surface area contributed by atoms with Crippen LogP contribution in [0.3, 0.4) is 0 Å². The van der Waals surface area contributed by atoms with Gasteiger partial charge in [0, 0.05) is 0 Å². The van der Waals surface area contributed by atoms with E-state index in [0.29, 0.717) is 0 Å². The van der Waals surface area contributed by atoms with E-state index < -0.39 is 11.6 Å². The van der Waals surface area contributed by atoms with E-state index in [0.717, 1.165) is 0 Å². The second kappa shape index (κ2) is 2.86. The molecule has 0 atom stereocenters. The Morgan fingerprint density at radius 2 is 1.75 bits per heavy atom. The van der Waals surface area contributed by atoms with E-state index in [9.17, 15) is 8.78 Å². The van der Waals surface area contributed by atoms with Crippen molar-refractivity contribution in [3.8, 4) is 6.07 Å². The van der Waals surface area contributed by atoms with Crippen LogP contribution < -0.4 is 0 Å². The smallest absolute Gasteiger partial charge is 0.181 e. The predicted molar refractivity (Wildman–Crippen MR) is 38.3 cm³/mol. The van der Waals surface area contributed by atoms with Crippen molar-refractivity contribution >= 4 is 0 Å². The Labute approximate surface area is 68.5 Å². The first-order chi connectivity index (χ1) is 5.57. The van der Waals surface area contributed by atoms with Gasteiger partial charge in [-0.15, -0.1) is 0 Å². The molecule has 0 bridgehead atoms. The standard InChI is InChI=1S/C8H6F2N2/c1-4-6(3-11)8(10)7(9)5(2)12-4/h1-2H3. The Balaban J connectivity index is 3.54. The quantitative estimate of drug-likeness (QED) is 0.592. The van der Waals surface area contributed by atoms with Crippen molar-refractivity contribution in [1.29, 1.82) is 5.26 Å². The number of hydrogen-bond acceptors (Lipinski definition) is 2. The number of nitrogens with zero attached hydrogens (tertiary/aromatic N) is 2. The minimum absolute atomic E-state index is 0.0241. The third kappa shape index (κ3) is 1.14. The Kier molecular flexibility index (Phi) is 2.05. The number of nitriles is 1. The summed E-state index contributed by atoms with van der Waals surface area (Å²) in [6, 6.07) is 1.55. The highest BCUT2D eigenvalue weighted by Crippen LogP contribution is 2.15. The summed E-state index contributed by atoms with van der Waals surface area (Å²) < 4.78 is 25.7. The zero-order valence-corrected chi connectivity index (χ0v) is 6.65. The summed E-state index contributed by atoms with van der Waals surface area (Å²) in [5.74, 6) is -2.15. The summed E-state index contributed by atoms with van der Waals surface area (Å²) in [6.45, 7) is 2.82. The van der Waals surface area contributed by atoms with E-state index in [1.807, 2.05) is 0 Å². The Hall–Kier alpha value is -1.50. The highest BCUT2D eigenvalue weighted by atomic mass is 19.2. The van der Waals surface area contributed by atoms with Gasteiger partial charge in [0.2, 0.25) is 0 Å². The summed E-state index contributed by atoms with van der Waals surface area (Å²) >= 11 is 0. The summed E-state index contributed by atoms with van der Waals surface area (Å²) in [4.78, 5) is 3.67. The van der Waals surface area contributed by atoms with Crippen molar-refractivity contribution in [2.24, 2.45) is 0 Å². The lowest BCUT2D eigenvalue weighted by atomic mass is 10.2. The fourth-order valence-corrected chi connectivity index (χ4v) is 0.914. The van der Waals surface area contributed by atoms with E-state index in [1.165, 1.54) is 13.8 Å². The molecule has 0 saturated heterocycles. The van der Waals surface area contributed by atoms with Crippen LogP contribution in [0, 0.1) is 36.8 Å². The predicted octanol–water partition coefficient (Wildman–Crippen LogP) is 1.85. The van der Waals surface area contributed by atoms with E-state index >= 15 is 0 Å². The molecule has 0 spiro atoms. The zero-order valence-electron chi connectivity index (χ0n) is 6.65. The van der Waals surface area contributed by atoms with E-state index in [-0.39, 0.29) is 17.0 Å². The molecule has 0 unspecified atom stereocenters. The Bertz CT molecular complexity index is 366. The van der Waals surface area contributed by atoms with Crippen molar-refractivity contribution in [2.75, 3.05) is 0 Å². The fourth-order valence-electron chi connectivity index (χ4n) is 0.914. The van der Waals surface area contributed by atoms with E-state index in [1.54, 1.807) is 6.07 Å². The van der Waals surface area contributed by atoms with Gasteiger partial charge in [-0.25, -0.2) is 8.78 Å². The SMILES string of the molecule is Cc1nc(C)c(C#N)c(F)c1F. The van der Waals surface area contributed by atoms with Crippen molar-refractivity contribution < 1.29 is 8.78 Å². The molecule has 1 heterocycles. The summed E-state index contributed by atoms with van der Waals surface area (Å²) in [5.41, 5.74) is -0.129. The normalized spacial score (nSPS) is 9.58. The monoisotopic (exact) mass is 168 g/mol. The maximum absolute atomic E-state index is 12.9. The van der Waals surface area contributed by atoms with Crippen LogP contribution in [0.1, 0.15) is 17.0 Å². The minimum atomic E-state index is -1.11. The maximum atomic E-state index is 12.9. The fraction of sp³-hybridized carbons (Fsp3) is 0.250. The van der Waals surface area contributed by atoms with Crippen LogP contribution in [-0.4, -0.2) is 4.98 Å². The van der Waals surface area contributed by atoms with Gasteiger partial charge in [0.15, 0.2) is 11.6 Å². The molecule has 0 radical (unpaired) electrons. The molecule has 0 aliphatic rings. The number of hydrogen-bond donors (Lipinski definition) is 0. The second-order valence-corrected chi connectivity index (χ2v) is 2.40. The molecule has 1 aromatic heterocycles. The van der Waals surface area contributed by atoms with Crippen LogP contribution in [0.25, 0.3) is 0 Å². The van der Waals surface area contributed by atoms with Gasteiger partial charge in [-0.05, 0) is 13.8 Å². The van der Waals surface area contributed by atoms with Crippen molar-refractivity contribution in [2.45, 2.75) is 13.8 Å². The molecule has 0 N–H and O–H groups in total. The second-order valence-electron chi connectivity index (χ2n) is 2.40. The van der Waals surface area contributed by atoms with E-state index in [4.69, 9.17) is 5.26 Å². The molecule has 1 rings (SSSR count). The van der Waals surface area contributed by atoms with Gasteiger partial charge in [0.25, 0.3) is 0 Å². The lowest BCUT2D eigenvalue weighted by Gasteiger charge is -2.01. The van der Waals surface area contributed by atoms with Crippen LogP contribution in [-0.2, 0) is 0 Å². The maximum Gasteiger partial charge on any atom is 0.181 e. The number of pyridine rings is 1. The van der Waals surface area contributed by atoms with Crippen LogP contribution in [0.15, 0.2) is 0 Å². The molecule has 0 aliphatic heterocycles. The van der Waals surface area contributed by atoms with Crippen molar-refractivity contribution in [3.63, 3.8) is 0 Å². The van der Waals surface area contributed by atoms with Crippen LogP contribution in [0.4, 0.5) is 8.78 Å². The summed E-state index contributed by atoms with van der Waals surface area (Å²) in [5, 5.41) is 8.42. The average Bonchev–Trinajstić information content (AvgIpc) is 2.01. The van der Waals surface area contributed by atoms with Gasteiger partial charge in [0.1, 0.15) is 11.6 Å². The van der Waals surface area contributed by atoms with Gasteiger partial charge < -0.3 is 0 Å². The highest BCUT2D eigenvalue weighted by molar-refractivity contribution is 5.35. The van der Waals surface area contributed by atoms with Crippen LogP contribution >= 0.6 is 0 Å². The average molecular weight is 168 g/mol. The molecule has 2 nitrogen and oxygen atoms in total. The van der Waals surface area contributed by atoms with Gasteiger partial charge >= 0.3 is 0 Å². The van der Waals surface area contributed by atoms with Gasteiger partial charge in [-0.3, -0.25) is 4.98 Å². The molecule has 0 amide bonds. The van der Waals surface area contributed by atoms with Crippen molar-refractivity contribution in [1.82, 2.24) is 4.98 Å². The number of aromatic nitrogens is 1. The number of aryl methyl sites for hydroxylation is 2. The molecule has 12 heavy (non-hydrogen) atoms. The van der Waals surface area contributed by atoms with E-state index in [2.05, 4.69) is 4.98 Å². The van der Waals surface area contributed by atoms with Crippen molar-refractivity contribution in [3.05, 3.63) is 28.6 Å². The summed E-state index contributed by atoms with van der Waals surface area (Å²) in [7, 11) is 0. The third-order valence-corrected chi connectivity index (χ3v) is 1.54. The molecule has 0 saturated carbocycles. The Morgan fingerprint density at radius 1 is 1.17 bits per heavy atom. The molecule has 62 valence electrons. The first-order valence-corrected chi connectivity index (χ1v) is 3.30. The number of halogens is 2. The van der Waals surface area contributed by atoms with Crippen LogP contribution in [0.2, 0.25) is 0 Å². The molecular weight excluding hydrogens is 162 g/mol.